The normalized spacial score (nSPS) is 9.89. The van der Waals surface area contributed by atoms with Crippen LogP contribution in [0.5, 0.6) is 0 Å². The standard InChI is InChI=1S/C12H17N3O3/c1-3-4-8-14(2)12(16)13-10-6-5-7-11(9-10)15(17)18/h5-7,9H,3-4,8H2,1-2H3,(H,13,16). The predicted octanol–water partition coefficient (Wildman–Crippen LogP) is 2.86. The first-order valence-corrected chi connectivity index (χ1v) is 5.81. The maximum atomic E-state index is 11.7. The topological polar surface area (TPSA) is 75.5 Å². The molecule has 0 aromatic heterocycles. The summed E-state index contributed by atoms with van der Waals surface area (Å²) in [6, 6.07) is 5.63. The van der Waals surface area contributed by atoms with Crippen molar-refractivity contribution in [1.29, 1.82) is 0 Å². The Morgan fingerprint density at radius 1 is 1.50 bits per heavy atom. The molecule has 2 amide bonds. The minimum atomic E-state index is -0.490. The number of anilines is 1. The van der Waals surface area contributed by atoms with E-state index in [1.54, 1.807) is 24.1 Å². The van der Waals surface area contributed by atoms with E-state index in [1.807, 2.05) is 6.92 Å². The van der Waals surface area contributed by atoms with Crippen molar-refractivity contribution in [2.24, 2.45) is 0 Å². The van der Waals surface area contributed by atoms with Crippen LogP contribution in [0.15, 0.2) is 24.3 Å². The molecule has 6 heteroatoms. The number of nitro benzene ring substituents is 1. The van der Waals surface area contributed by atoms with E-state index in [0.29, 0.717) is 12.2 Å². The zero-order valence-electron chi connectivity index (χ0n) is 10.5. The van der Waals surface area contributed by atoms with Gasteiger partial charge in [-0.3, -0.25) is 10.1 Å². The third-order valence-corrected chi connectivity index (χ3v) is 2.50. The molecular formula is C12H17N3O3. The smallest absolute Gasteiger partial charge is 0.321 e. The first-order valence-electron chi connectivity index (χ1n) is 5.81. The van der Waals surface area contributed by atoms with Crippen molar-refractivity contribution >= 4 is 17.4 Å². The first-order chi connectivity index (χ1) is 8.54. The van der Waals surface area contributed by atoms with Crippen molar-refractivity contribution in [3.63, 3.8) is 0 Å². The molecule has 0 aliphatic carbocycles. The average Bonchev–Trinajstić information content (AvgIpc) is 2.36. The zero-order valence-corrected chi connectivity index (χ0v) is 10.5. The van der Waals surface area contributed by atoms with E-state index >= 15 is 0 Å². The van der Waals surface area contributed by atoms with Gasteiger partial charge in [0.05, 0.1) is 4.92 Å². The van der Waals surface area contributed by atoms with E-state index in [9.17, 15) is 14.9 Å². The Balaban J connectivity index is 2.64. The SMILES string of the molecule is CCCCN(C)C(=O)Nc1cccc([N+](=O)[O-])c1. The third-order valence-electron chi connectivity index (χ3n) is 2.50. The lowest BCUT2D eigenvalue weighted by Gasteiger charge is -2.17. The second-order valence-corrected chi connectivity index (χ2v) is 4.01. The summed E-state index contributed by atoms with van der Waals surface area (Å²) in [4.78, 5) is 23.4. The van der Waals surface area contributed by atoms with Gasteiger partial charge in [0.25, 0.3) is 5.69 Å². The lowest BCUT2D eigenvalue weighted by atomic mass is 10.3. The molecule has 1 aromatic carbocycles. The molecule has 0 heterocycles. The number of nitrogens with one attached hydrogen (secondary N) is 1. The molecule has 0 aliphatic heterocycles. The number of unbranched alkanes of at least 4 members (excludes halogenated alkanes) is 1. The highest BCUT2D eigenvalue weighted by molar-refractivity contribution is 5.89. The van der Waals surface area contributed by atoms with Crippen molar-refractivity contribution in [2.45, 2.75) is 19.8 Å². The van der Waals surface area contributed by atoms with Crippen molar-refractivity contribution in [3.8, 4) is 0 Å². The van der Waals surface area contributed by atoms with Crippen LogP contribution in [-0.4, -0.2) is 29.4 Å². The molecule has 0 bridgehead atoms. The minimum Gasteiger partial charge on any atom is -0.328 e. The molecule has 0 saturated carbocycles. The number of urea groups is 1. The Kier molecular flexibility index (Phi) is 5.10. The number of nitrogens with zero attached hydrogens (tertiary/aromatic N) is 2. The van der Waals surface area contributed by atoms with Crippen LogP contribution in [0, 0.1) is 10.1 Å². The maximum absolute atomic E-state index is 11.7. The largest absolute Gasteiger partial charge is 0.328 e. The highest BCUT2D eigenvalue weighted by atomic mass is 16.6. The highest BCUT2D eigenvalue weighted by Gasteiger charge is 2.10. The van der Waals surface area contributed by atoms with Crippen LogP contribution in [0.1, 0.15) is 19.8 Å². The van der Waals surface area contributed by atoms with Gasteiger partial charge in [0.2, 0.25) is 0 Å². The fourth-order valence-corrected chi connectivity index (χ4v) is 1.41. The number of nitro groups is 1. The molecule has 0 saturated heterocycles. The van der Waals surface area contributed by atoms with E-state index in [4.69, 9.17) is 0 Å². The van der Waals surface area contributed by atoms with Crippen LogP contribution in [0.2, 0.25) is 0 Å². The van der Waals surface area contributed by atoms with Crippen LogP contribution in [0.4, 0.5) is 16.2 Å². The number of hydrogen-bond acceptors (Lipinski definition) is 3. The fourth-order valence-electron chi connectivity index (χ4n) is 1.41. The third kappa shape index (κ3) is 4.04. The molecule has 1 N–H and O–H groups in total. The van der Waals surface area contributed by atoms with Gasteiger partial charge in [0.1, 0.15) is 0 Å². The molecule has 1 aromatic rings. The Morgan fingerprint density at radius 2 is 2.22 bits per heavy atom. The van der Waals surface area contributed by atoms with Crippen LogP contribution < -0.4 is 5.32 Å². The summed E-state index contributed by atoms with van der Waals surface area (Å²) >= 11 is 0. The van der Waals surface area contributed by atoms with Gasteiger partial charge in [-0.15, -0.1) is 0 Å². The number of benzene rings is 1. The highest BCUT2D eigenvalue weighted by Crippen LogP contribution is 2.17. The van der Waals surface area contributed by atoms with Crippen molar-refractivity contribution < 1.29 is 9.72 Å². The second kappa shape index (κ2) is 6.58. The summed E-state index contributed by atoms with van der Waals surface area (Å²) in [5, 5.41) is 13.2. The van der Waals surface area contributed by atoms with Gasteiger partial charge < -0.3 is 10.2 Å². The molecule has 0 unspecified atom stereocenters. The van der Waals surface area contributed by atoms with Gasteiger partial charge in [0, 0.05) is 31.4 Å². The number of carbonyl (C=O) groups excluding carboxylic acids is 1. The Labute approximate surface area is 106 Å². The lowest BCUT2D eigenvalue weighted by Crippen LogP contribution is -2.32. The molecular weight excluding hydrogens is 234 g/mol. The summed E-state index contributed by atoms with van der Waals surface area (Å²) in [7, 11) is 1.70. The molecule has 0 radical (unpaired) electrons. The van der Waals surface area contributed by atoms with E-state index in [1.165, 1.54) is 12.1 Å². The summed E-state index contributed by atoms with van der Waals surface area (Å²) in [5.41, 5.74) is 0.390. The Morgan fingerprint density at radius 3 is 2.83 bits per heavy atom. The molecule has 98 valence electrons. The van der Waals surface area contributed by atoms with Crippen LogP contribution in [-0.2, 0) is 0 Å². The van der Waals surface area contributed by atoms with Crippen molar-refractivity contribution in [2.75, 3.05) is 18.9 Å². The van der Waals surface area contributed by atoms with E-state index in [0.717, 1.165) is 12.8 Å². The Bertz CT molecular complexity index is 434. The quantitative estimate of drug-likeness (QED) is 0.645. The number of carbonyl (C=O) groups is 1. The molecule has 0 atom stereocenters. The number of rotatable bonds is 5. The summed E-state index contributed by atoms with van der Waals surface area (Å²) in [6.07, 6.45) is 1.94. The molecule has 0 spiro atoms. The summed E-state index contributed by atoms with van der Waals surface area (Å²) in [6.45, 7) is 2.71. The predicted molar refractivity (Wildman–Crippen MR) is 69.7 cm³/mol. The van der Waals surface area contributed by atoms with E-state index in [-0.39, 0.29) is 11.7 Å². The summed E-state index contributed by atoms with van der Waals surface area (Å²) in [5.74, 6) is 0. The molecule has 6 nitrogen and oxygen atoms in total. The van der Waals surface area contributed by atoms with E-state index < -0.39 is 4.92 Å². The lowest BCUT2D eigenvalue weighted by molar-refractivity contribution is -0.384. The average molecular weight is 251 g/mol. The Hall–Kier alpha value is -2.11. The second-order valence-electron chi connectivity index (χ2n) is 4.01. The van der Waals surface area contributed by atoms with Gasteiger partial charge in [0.15, 0.2) is 0 Å². The molecule has 0 aliphatic rings. The monoisotopic (exact) mass is 251 g/mol. The van der Waals surface area contributed by atoms with E-state index in [2.05, 4.69) is 5.32 Å². The zero-order chi connectivity index (χ0) is 13.5. The fraction of sp³-hybridized carbons (Fsp3) is 0.417. The first kappa shape index (κ1) is 14.0. The number of non-ortho nitro benzene ring substituents is 1. The summed E-state index contributed by atoms with van der Waals surface area (Å²) < 4.78 is 0. The van der Waals surface area contributed by atoms with Gasteiger partial charge in [-0.25, -0.2) is 4.79 Å². The minimum absolute atomic E-state index is 0.0380. The van der Waals surface area contributed by atoms with Gasteiger partial charge >= 0.3 is 6.03 Å². The van der Waals surface area contributed by atoms with Crippen LogP contribution >= 0.6 is 0 Å². The molecule has 18 heavy (non-hydrogen) atoms. The van der Waals surface area contributed by atoms with Crippen LogP contribution in [0.3, 0.4) is 0 Å². The molecule has 1 rings (SSSR count). The number of hydrogen-bond donors (Lipinski definition) is 1. The maximum Gasteiger partial charge on any atom is 0.321 e. The van der Waals surface area contributed by atoms with Gasteiger partial charge in [-0.2, -0.15) is 0 Å². The molecule has 0 fully saturated rings. The van der Waals surface area contributed by atoms with Crippen LogP contribution in [0.25, 0.3) is 0 Å². The van der Waals surface area contributed by atoms with Gasteiger partial charge in [-0.05, 0) is 12.5 Å². The number of amides is 2. The van der Waals surface area contributed by atoms with Crippen molar-refractivity contribution in [3.05, 3.63) is 34.4 Å². The van der Waals surface area contributed by atoms with Gasteiger partial charge in [-0.1, -0.05) is 19.4 Å². The van der Waals surface area contributed by atoms with Crippen molar-refractivity contribution in [1.82, 2.24) is 4.90 Å².